The third-order valence-electron chi connectivity index (χ3n) is 4.85. The predicted molar refractivity (Wildman–Crippen MR) is 91.0 cm³/mol. The fourth-order valence-corrected chi connectivity index (χ4v) is 3.48. The fraction of sp³-hybridized carbons (Fsp3) is 0.389. The number of nitrogens with zero attached hydrogens (tertiary/aromatic N) is 4. The second-order valence-corrected chi connectivity index (χ2v) is 6.43. The van der Waals surface area contributed by atoms with Gasteiger partial charge in [-0.15, -0.1) is 10.2 Å². The summed E-state index contributed by atoms with van der Waals surface area (Å²) in [5.41, 5.74) is 0.722. The number of aromatic nitrogens is 3. The minimum Gasteiger partial charge on any atom is -0.451 e. The lowest BCUT2D eigenvalue weighted by molar-refractivity contribution is 0.0673. The molecule has 1 atom stereocenters. The number of furan rings is 1. The molecule has 1 fully saturated rings. The van der Waals surface area contributed by atoms with Gasteiger partial charge in [-0.2, -0.15) is 0 Å². The number of hydrogen-bond donors (Lipinski definition) is 1. The number of para-hydroxylation sites is 1. The highest BCUT2D eigenvalue weighted by Gasteiger charge is 2.30. The van der Waals surface area contributed by atoms with Gasteiger partial charge >= 0.3 is 0 Å². The van der Waals surface area contributed by atoms with Crippen LogP contribution in [0, 0.1) is 0 Å². The summed E-state index contributed by atoms with van der Waals surface area (Å²) in [5, 5.41) is 18.4. The summed E-state index contributed by atoms with van der Waals surface area (Å²) in [6.45, 7) is 1.14. The average Bonchev–Trinajstić information content (AvgIpc) is 3.24. The third kappa shape index (κ3) is 2.80. The Bertz CT molecular complexity index is 881. The van der Waals surface area contributed by atoms with Crippen LogP contribution in [0.2, 0.25) is 0 Å². The van der Waals surface area contributed by atoms with E-state index in [0.717, 1.165) is 29.6 Å². The number of hydrogen-bond acceptors (Lipinski definition) is 5. The molecule has 0 spiro atoms. The van der Waals surface area contributed by atoms with E-state index >= 15 is 0 Å². The Balaban J connectivity index is 1.56. The largest absolute Gasteiger partial charge is 0.451 e. The van der Waals surface area contributed by atoms with Crippen molar-refractivity contribution < 1.29 is 14.3 Å². The van der Waals surface area contributed by atoms with Crippen molar-refractivity contribution in [3.8, 4) is 0 Å². The zero-order chi connectivity index (χ0) is 17.4. The first kappa shape index (κ1) is 15.8. The maximum absolute atomic E-state index is 12.8. The van der Waals surface area contributed by atoms with Gasteiger partial charge in [-0.1, -0.05) is 18.2 Å². The molecule has 25 heavy (non-hydrogen) atoms. The highest BCUT2D eigenvalue weighted by atomic mass is 16.3. The maximum Gasteiger partial charge on any atom is 0.289 e. The molecule has 3 aromatic rings. The number of carbonyl (C=O) groups excluding carboxylic acids is 1. The summed E-state index contributed by atoms with van der Waals surface area (Å²) in [4.78, 5) is 14.7. The second kappa shape index (κ2) is 6.33. The van der Waals surface area contributed by atoms with Gasteiger partial charge in [0.05, 0.1) is 0 Å². The van der Waals surface area contributed by atoms with E-state index in [1.54, 1.807) is 6.07 Å². The summed E-state index contributed by atoms with van der Waals surface area (Å²) in [6.07, 6.45) is 1.85. The summed E-state index contributed by atoms with van der Waals surface area (Å²) in [6, 6.07) is 9.42. The molecule has 4 rings (SSSR count). The van der Waals surface area contributed by atoms with Gasteiger partial charge in [0, 0.05) is 31.4 Å². The molecular formula is C18H20N4O3. The summed E-state index contributed by atoms with van der Waals surface area (Å²) in [7, 11) is 1.85. The number of benzene rings is 1. The molecule has 1 aromatic carbocycles. The van der Waals surface area contributed by atoms with Crippen LogP contribution in [-0.4, -0.2) is 43.8 Å². The van der Waals surface area contributed by atoms with Gasteiger partial charge in [0.25, 0.3) is 5.91 Å². The number of amides is 1. The zero-order valence-electron chi connectivity index (χ0n) is 14.1. The van der Waals surface area contributed by atoms with E-state index in [4.69, 9.17) is 4.42 Å². The number of carbonyl (C=O) groups is 1. The highest BCUT2D eigenvalue weighted by molar-refractivity contribution is 5.96. The van der Waals surface area contributed by atoms with E-state index < -0.39 is 0 Å². The molecule has 0 radical (unpaired) electrons. The van der Waals surface area contributed by atoms with Crippen molar-refractivity contribution in [2.45, 2.75) is 25.4 Å². The molecule has 1 saturated heterocycles. The van der Waals surface area contributed by atoms with E-state index in [1.807, 2.05) is 40.8 Å². The van der Waals surface area contributed by atoms with Gasteiger partial charge < -0.3 is 19.0 Å². The Morgan fingerprint density at radius 1 is 1.36 bits per heavy atom. The Labute approximate surface area is 144 Å². The lowest BCUT2D eigenvalue weighted by atomic mass is 9.97. The van der Waals surface area contributed by atoms with Crippen molar-refractivity contribution >= 4 is 16.9 Å². The van der Waals surface area contributed by atoms with Gasteiger partial charge in [-0.3, -0.25) is 4.79 Å². The average molecular weight is 340 g/mol. The molecule has 1 aliphatic rings. The molecule has 1 unspecified atom stereocenters. The molecule has 1 aliphatic heterocycles. The highest BCUT2D eigenvalue weighted by Crippen LogP contribution is 2.28. The molecule has 7 nitrogen and oxygen atoms in total. The molecule has 7 heteroatoms. The smallest absolute Gasteiger partial charge is 0.289 e. The number of aliphatic hydroxyl groups is 1. The van der Waals surface area contributed by atoms with Crippen LogP contribution in [0.15, 0.2) is 34.7 Å². The van der Waals surface area contributed by atoms with Gasteiger partial charge in [0.1, 0.15) is 18.0 Å². The van der Waals surface area contributed by atoms with E-state index in [9.17, 15) is 9.90 Å². The van der Waals surface area contributed by atoms with Crippen LogP contribution >= 0.6 is 0 Å². The molecule has 1 amide bonds. The Morgan fingerprint density at radius 2 is 2.20 bits per heavy atom. The fourth-order valence-electron chi connectivity index (χ4n) is 3.48. The van der Waals surface area contributed by atoms with E-state index in [1.165, 1.54) is 0 Å². The monoisotopic (exact) mass is 340 g/mol. The lowest BCUT2D eigenvalue weighted by Crippen LogP contribution is -2.39. The van der Waals surface area contributed by atoms with Gasteiger partial charge in [-0.05, 0) is 25.0 Å². The first-order valence-corrected chi connectivity index (χ1v) is 8.44. The third-order valence-corrected chi connectivity index (χ3v) is 4.85. The van der Waals surface area contributed by atoms with Crippen LogP contribution < -0.4 is 0 Å². The minimum absolute atomic E-state index is 0.0922. The number of piperidine rings is 1. The standard InChI is InChI=1S/C18H20N4O3/c1-21-16(11-23)19-20-17(21)13-6-4-8-22(10-13)18(24)15-9-12-5-2-3-7-14(12)25-15/h2-3,5,7,9,13,23H,4,6,8,10-11H2,1H3. The van der Waals surface area contributed by atoms with Crippen LogP contribution in [0.5, 0.6) is 0 Å². The quantitative estimate of drug-likeness (QED) is 0.789. The second-order valence-electron chi connectivity index (χ2n) is 6.43. The Kier molecular flexibility index (Phi) is 4.01. The number of likely N-dealkylation sites (tertiary alicyclic amines) is 1. The molecule has 130 valence electrons. The summed E-state index contributed by atoms with van der Waals surface area (Å²) >= 11 is 0. The predicted octanol–water partition coefficient (Wildman–Crippen LogP) is 2.07. The number of fused-ring (bicyclic) bond motifs is 1. The van der Waals surface area contributed by atoms with Gasteiger partial charge in [0.15, 0.2) is 11.6 Å². The van der Waals surface area contributed by atoms with Gasteiger partial charge in [0.2, 0.25) is 0 Å². The molecule has 3 heterocycles. The number of rotatable bonds is 3. The molecule has 1 N–H and O–H groups in total. The van der Waals surface area contributed by atoms with Crippen molar-refractivity contribution in [1.82, 2.24) is 19.7 Å². The van der Waals surface area contributed by atoms with E-state index in [0.29, 0.717) is 24.7 Å². The SMILES string of the molecule is Cn1c(CO)nnc1C1CCCN(C(=O)c2cc3ccccc3o2)C1. The van der Waals surface area contributed by atoms with Crippen LogP contribution in [-0.2, 0) is 13.7 Å². The lowest BCUT2D eigenvalue weighted by Gasteiger charge is -2.31. The normalized spacial score (nSPS) is 18.0. The topological polar surface area (TPSA) is 84.4 Å². The molecular weight excluding hydrogens is 320 g/mol. The summed E-state index contributed by atoms with van der Waals surface area (Å²) in [5.74, 6) is 1.74. The van der Waals surface area contributed by atoms with Crippen LogP contribution in [0.4, 0.5) is 0 Å². The van der Waals surface area contributed by atoms with Crippen molar-refractivity contribution in [1.29, 1.82) is 0 Å². The Morgan fingerprint density at radius 3 is 2.96 bits per heavy atom. The van der Waals surface area contributed by atoms with Gasteiger partial charge in [-0.25, -0.2) is 0 Å². The zero-order valence-corrected chi connectivity index (χ0v) is 14.1. The first-order valence-electron chi connectivity index (χ1n) is 8.44. The van der Waals surface area contributed by atoms with Crippen molar-refractivity contribution in [2.24, 2.45) is 7.05 Å². The van der Waals surface area contributed by atoms with Crippen molar-refractivity contribution in [3.63, 3.8) is 0 Å². The van der Waals surface area contributed by atoms with Crippen LogP contribution in [0.25, 0.3) is 11.0 Å². The molecule has 2 aromatic heterocycles. The maximum atomic E-state index is 12.8. The van der Waals surface area contributed by atoms with E-state index in [2.05, 4.69) is 10.2 Å². The Hall–Kier alpha value is -2.67. The molecule has 0 bridgehead atoms. The molecule has 0 saturated carbocycles. The van der Waals surface area contributed by atoms with Crippen LogP contribution in [0.1, 0.15) is 41.0 Å². The summed E-state index contributed by atoms with van der Waals surface area (Å²) < 4.78 is 7.53. The minimum atomic E-state index is -0.141. The first-order chi connectivity index (χ1) is 12.2. The van der Waals surface area contributed by atoms with E-state index in [-0.39, 0.29) is 18.4 Å². The molecule has 0 aliphatic carbocycles. The van der Waals surface area contributed by atoms with Crippen LogP contribution in [0.3, 0.4) is 0 Å². The van der Waals surface area contributed by atoms with Crippen molar-refractivity contribution in [2.75, 3.05) is 13.1 Å². The van der Waals surface area contributed by atoms with Crippen molar-refractivity contribution in [3.05, 3.63) is 47.7 Å². The number of aliphatic hydroxyl groups excluding tert-OH is 1.